The number of nitrogens with zero attached hydrogens (tertiary/aromatic N) is 2. The van der Waals surface area contributed by atoms with Gasteiger partial charge in [0.2, 0.25) is 0 Å². The van der Waals surface area contributed by atoms with Gasteiger partial charge < -0.3 is 9.47 Å². The summed E-state index contributed by atoms with van der Waals surface area (Å²) < 4.78 is 2.45. The lowest BCUT2D eigenvalue weighted by atomic mass is 9.87. The molecule has 0 unspecified atom stereocenters. The monoisotopic (exact) mass is 918 g/mol. The van der Waals surface area contributed by atoms with Crippen LogP contribution in [0.1, 0.15) is 17.9 Å². The Balaban J connectivity index is 0.967. The van der Waals surface area contributed by atoms with Crippen LogP contribution in [0.5, 0.6) is 0 Å². The third kappa shape index (κ3) is 7.90. The molecule has 13 rings (SSSR count). The second kappa shape index (κ2) is 18.6. The molecule has 0 amide bonds. The molecule has 72 heavy (non-hydrogen) atoms. The van der Waals surface area contributed by atoms with Crippen molar-refractivity contribution < 1.29 is 0 Å². The van der Waals surface area contributed by atoms with Crippen LogP contribution in [0.15, 0.2) is 285 Å². The third-order valence-corrected chi connectivity index (χ3v) is 14.5. The molecular formula is C70H50N2. The molecule has 0 aliphatic heterocycles. The van der Waals surface area contributed by atoms with Gasteiger partial charge in [0.25, 0.3) is 0 Å². The molecule has 2 heteroatoms. The molecule has 1 atom stereocenters. The first-order valence-corrected chi connectivity index (χ1v) is 25.0. The van der Waals surface area contributed by atoms with E-state index in [-0.39, 0.29) is 0 Å². The Hall–Kier alpha value is -9.24. The average Bonchev–Trinajstić information content (AvgIpc) is 3.82. The fourth-order valence-electron chi connectivity index (χ4n) is 11.0. The highest BCUT2D eigenvalue weighted by atomic mass is 15.1. The van der Waals surface area contributed by atoms with E-state index < -0.39 is 0 Å². The Morgan fingerprint density at radius 1 is 0.361 bits per heavy atom. The molecule has 0 radical (unpaired) electrons. The molecule has 340 valence electrons. The number of benzene rings is 11. The summed E-state index contributed by atoms with van der Waals surface area (Å²) in [6, 6.07) is 95.6. The normalized spacial score (nSPS) is 13.2. The minimum atomic E-state index is 0.334. The Bertz CT molecular complexity index is 3980. The number of hydrogen-bond donors (Lipinski definition) is 0. The van der Waals surface area contributed by atoms with Gasteiger partial charge in [0.05, 0.1) is 11.0 Å². The summed E-state index contributed by atoms with van der Waals surface area (Å²) in [4.78, 5) is 2.41. The first-order chi connectivity index (χ1) is 35.7. The fraction of sp³-hybridized carbons (Fsp3) is 0.0286. The van der Waals surface area contributed by atoms with Crippen molar-refractivity contribution >= 4 is 49.6 Å². The van der Waals surface area contributed by atoms with Gasteiger partial charge >= 0.3 is 0 Å². The van der Waals surface area contributed by atoms with Crippen LogP contribution >= 0.6 is 0 Å². The lowest BCUT2D eigenvalue weighted by molar-refractivity contribution is 0.854. The van der Waals surface area contributed by atoms with Crippen molar-refractivity contribution in [3.05, 3.63) is 291 Å². The zero-order valence-electron chi connectivity index (χ0n) is 39.8. The van der Waals surface area contributed by atoms with Crippen molar-refractivity contribution in [2.24, 2.45) is 0 Å². The van der Waals surface area contributed by atoms with Crippen molar-refractivity contribution in [3.8, 4) is 61.3 Å². The van der Waals surface area contributed by atoms with E-state index in [2.05, 4.69) is 295 Å². The number of para-hydroxylation sites is 2. The van der Waals surface area contributed by atoms with Gasteiger partial charge in [-0.2, -0.15) is 0 Å². The Labute approximate surface area is 421 Å². The Morgan fingerprint density at radius 2 is 0.917 bits per heavy atom. The van der Waals surface area contributed by atoms with Crippen LogP contribution in [0.3, 0.4) is 0 Å². The smallest absolute Gasteiger partial charge is 0.0625 e. The van der Waals surface area contributed by atoms with Gasteiger partial charge in [-0.1, -0.05) is 218 Å². The predicted octanol–water partition coefficient (Wildman–Crippen LogP) is 19.3. The number of allylic oxidation sites excluding steroid dienone is 4. The average molecular weight is 919 g/mol. The SMILES string of the molecule is C1=CC[C@@H](c2cc(-c3ccccc3)cc(-c3ccc(N(c4ccc(-c5ccccc5-c5ccccc5)cc4)c4cccc(-c5cc6ccccc6c6c5c5ccccc5n6-c5ccccc5)c4)cc3)c2)C=C1. The van der Waals surface area contributed by atoms with Crippen LogP contribution in [0.25, 0.3) is 93.9 Å². The fourth-order valence-corrected chi connectivity index (χ4v) is 11.0. The molecule has 0 saturated carbocycles. The summed E-state index contributed by atoms with van der Waals surface area (Å²) >= 11 is 0. The van der Waals surface area contributed by atoms with E-state index >= 15 is 0 Å². The second-order valence-electron chi connectivity index (χ2n) is 18.8. The van der Waals surface area contributed by atoms with E-state index in [1.165, 1.54) is 88.2 Å². The third-order valence-electron chi connectivity index (χ3n) is 14.5. The maximum atomic E-state index is 2.45. The molecule has 0 saturated heterocycles. The summed E-state index contributed by atoms with van der Waals surface area (Å²) in [7, 11) is 0. The van der Waals surface area contributed by atoms with E-state index in [0.29, 0.717) is 5.92 Å². The molecule has 1 aliphatic carbocycles. The van der Waals surface area contributed by atoms with Crippen LogP contribution < -0.4 is 4.90 Å². The number of hydrogen-bond acceptors (Lipinski definition) is 1. The van der Waals surface area contributed by atoms with Crippen molar-refractivity contribution in [2.75, 3.05) is 4.90 Å². The molecule has 1 heterocycles. The van der Waals surface area contributed by atoms with E-state index in [1.54, 1.807) is 0 Å². The molecule has 1 aliphatic rings. The van der Waals surface area contributed by atoms with Crippen LogP contribution in [0.2, 0.25) is 0 Å². The van der Waals surface area contributed by atoms with Gasteiger partial charge in [0.15, 0.2) is 0 Å². The maximum absolute atomic E-state index is 2.45. The molecule has 1 aromatic heterocycles. The molecule has 11 aromatic carbocycles. The Morgan fingerprint density at radius 3 is 1.60 bits per heavy atom. The van der Waals surface area contributed by atoms with Gasteiger partial charge in [0.1, 0.15) is 0 Å². The first kappa shape index (κ1) is 42.8. The molecule has 0 fully saturated rings. The minimum Gasteiger partial charge on any atom is -0.310 e. The lowest BCUT2D eigenvalue weighted by Gasteiger charge is -2.27. The van der Waals surface area contributed by atoms with Crippen LogP contribution in [0.4, 0.5) is 17.1 Å². The number of anilines is 3. The predicted molar refractivity (Wildman–Crippen MR) is 306 cm³/mol. The van der Waals surface area contributed by atoms with Gasteiger partial charge in [0, 0.05) is 44.8 Å². The van der Waals surface area contributed by atoms with Crippen LogP contribution in [-0.2, 0) is 0 Å². The van der Waals surface area contributed by atoms with Gasteiger partial charge in [-0.25, -0.2) is 0 Å². The lowest BCUT2D eigenvalue weighted by Crippen LogP contribution is -2.10. The van der Waals surface area contributed by atoms with E-state index in [0.717, 1.165) is 34.7 Å². The zero-order valence-corrected chi connectivity index (χ0v) is 39.8. The molecule has 0 bridgehead atoms. The summed E-state index contributed by atoms with van der Waals surface area (Å²) in [6.07, 6.45) is 9.94. The highest BCUT2D eigenvalue weighted by Crippen LogP contribution is 2.45. The van der Waals surface area contributed by atoms with Crippen LogP contribution in [0, 0.1) is 0 Å². The molecule has 12 aromatic rings. The topological polar surface area (TPSA) is 8.17 Å². The summed E-state index contributed by atoms with van der Waals surface area (Å²) in [6.45, 7) is 0. The highest BCUT2D eigenvalue weighted by Gasteiger charge is 2.22. The largest absolute Gasteiger partial charge is 0.310 e. The maximum Gasteiger partial charge on any atom is 0.0625 e. The van der Waals surface area contributed by atoms with E-state index in [4.69, 9.17) is 0 Å². The van der Waals surface area contributed by atoms with E-state index in [9.17, 15) is 0 Å². The molecular weight excluding hydrogens is 869 g/mol. The van der Waals surface area contributed by atoms with Gasteiger partial charge in [-0.05, 0) is 140 Å². The van der Waals surface area contributed by atoms with Crippen LogP contribution in [-0.4, -0.2) is 4.57 Å². The first-order valence-electron chi connectivity index (χ1n) is 25.0. The van der Waals surface area contributed by atoms with E-state index in [1.807, 2.05) is 0 Å². The molecule has 0 N–H and O–H groups in total. The minimum absolute atomic E-state index is 0.334. The highest BCUT2D eigenvalue weighted by molar-refractivity contribution is 6.24. The number of rotatable bonds is 10. The summed E-state index contributed by atoms with van der Waals surface area (Å²) in [5, 5.41) is 4.92. The van der Waals surface area contributed by atoms with Crippen molar-refractivity contribution in [2.45, 2.75) is 12.3 Å². The van der Waals surface area contributed by atoms with Crippen molar-refractivity contribution in [3.63, 3.8) is 0 Å². The van der Waals surface area contributed by atoms with Crippen molar-refractivity contribution in [1.82, 2.24) is 4.57 Å². The second-order valence-corrected chi connectivity index (χ2v) is 18.8. The number of aromatic nitrogens is 1. The van der Waals surface area contributed by atoms with Crippen molar-refractivity contribution in [1.29, 1.82) is 0 Å². The number of fused-ring (bicyclic) bond motifs is 5. The summed E-state index contributed by atoms with van der Waals surface area (Å²) in [5.41, 5.74) is 20.2. The molecule has 0 spiro atoms. The summed E-state index contributed by atoms with van der Waals surface area (Å²) in [5.74, 6) is 0.334. The zero-order chi connectivity index (χ0) is 47.8. The molecule has 2 nitrogen and oxygen atoms in total. The quantitative estimate of drug-likeness (QED) is 0.133. The van der Waals surface area contributed by atoms with Gasteiger partial charge in [-0.15, -0.1) is 0 Å². The Kier molecular flexibility index (Phi) is 11.1. The standard InChI is InChI=1S/C70H50N2/c1-5-20-49(21-6-1)56-44-57(50-22-7-2-8-23-50)46-58(45-56)51-36-40-60(41-37-51)71(61-42-38-53(39-43-61)64-32-16-15-31-63(64)52-24-9-3-10-25-52)62-30-19-27-54(47-62)67-48-55-26-13-14-33-65(55)70-69(67)66-34-17-18-35-68(66)72(70)59-28-11-4-12-29-59/h1-22,24-48,50H,23H2/t50-/m0/s1. The van der Waals surface area contributed by atoms with Gasteiger partial charge in [-0.3, -0.25) is 0 Å².